The molecule has 2 amide bonds. The first-order chi connectivity index (χ1) is 10.6. The summed E-state index contributed by atoms with van der Waals surface area (Å²) >= 11 is 0. The molecule has 2 aliphatic rings. The first-order valence-corrected chi connectivity index (χ1v) is 7.59. The molecule has 1 aromatic carbocycles. The Bertz CT molecular complexity index is 555. The fourth-order valence-electron chi connectivity index (χ4n) is 2.92. The van der Waals surface area contributed by atoms with Crippen molar-refractivity contribution < 1.29 is 18.7 Å². The highest BCUT2D eigenvalue weighted by atomic mass is 19.1. The first-order valence-electron chi connectivity index (χ1n) is 7.59. The number of rotatable bonds is 4. The Labute approximate surface area is 128 Å². The van der Waals surface area contributed by atoms with Crippen LogP contribution in [0.4, 0.5) is 10.1 Å². The van der Waals surface area contributed by atoms with Gasteiger partial charge in [0.05, 0.1) is 12.0 Å². The fourth-order valence-corrected chi connectivity index (χ4v) is 2.92. The van der Waals surface area contributed by atoms with Gasteiger partial charge in [-0.05, 0) is 37.1 Å². The van der Waals surface area contributed by atoms with Crippen LogP contribution in [0.3, 0.4) is 0 Å². The zero-order chi connectivity index (χ0) is 15.5. The van der Waals surface area contributed by atoms with Crippen LogP contribution in [-0.2, 0) is 14.3 Å². The van der Waals surface area contributed by atoms with Gasteiger partial charge in [-0.2, -0.15) is 0 Å². The molecular formula is C16H19FN2O3. The highest BCUT2D eigenvalue weighted by molar-refractivity contribution is 6.00. The molecule has 6 heteroatoms. The van der Waals surface area contributed by atoms with Crippen LogP contribution < -0.4 is 10.2 Å². The standard InChI is InChI=1S/C16H19FN2O3/c17-12-3-5-13(6-4-12)19-10-11(8-15(19)20)16(21)18-9-14-2-1-7-22-14/h3-6,11,14H,1-2,7-10H2,(H,18,21)/t11-,14-/m1/s1. The minimum atomic E-state index is -0.362. The van der Waals surface area contributed by atoms with Gasteiger partial charge in [0.2, 0.25) is 11.8 Å². The normalized spacial score (nSPS) is 24.8. The number of carbonyl (C=O) groups excluding carboxylic acids is 2. The maximum Gasteiger partial charge on any atom is 0.227 e. The second kappa shape index (κ2) is 6.44. The van der Waals surface area contributed by atoms with Gasteiger partial charge in [-0.3, -0.25) is 9.59 Å². The molecule has 2 aliphatic heterocycles. The van der Waals surface area contributed by atoms with Crippen molar-refractivity contribution in [2.75, 3.05) is 24.6 Å². The van der Waals surface area contributed by atoms with E-state index in [-0.39, 0.29) is 36.1 Å². The van der Waals surface area contributed by atoms with E-state index in [1.54, 1.807) is 12.1 Å². The third-order valence-electron chi connectivity index (χ3n) is 4.16. The number of amides is 2. The van der Waals surface area contributed by atoms with E-state index in [2.05, 4.69) is 5.32 Å². The van der Waals surface area contributed by atoms with Crippen LogP contribution in [0.5, 0.6) is 0 Å². The van der Waals surface area contributed by atoms with Gasteiger partial charge in [-0.25, -0.2) is 4.39 Å². The van der Waals surface area contributed by atoms with Gasteiger partial charge < -0.3 is 15.0 Å². The summed E-state index contributed by atoms with van der Waals surface area (Å²) < 4.78 is 18.4. The molecule has 2 atom stereocenters. The number of nitrogens with one attached hydrogen (secondary N) is 1. The molecule has 118 valence electrons. The third-order valence-corrected chi connectivity index (χ3v) is 4.16. The van der Waals surface area contributed by atoms with Crippen molar-refractivity contribution in [3.05, 3.63) is 30.1 Å². The van der Waals surface area contributed by atoms with Crippen LogP contribution in [0, 0.1) is 11.7 Å². The Hall–Kier alpha value is -1.95. The predicted molar refractivity (Wildman–Crippen MR) is 78.8 cm³/mol. The summed E-state index contributed by atoms with van der Waals surface area (Å²) in [5, 5.41) is 2.87. The smallest absolute Gasteiger partial charge is 0.227 e. The van der Waals surface area contributed by atoms with Gasteiger partial charge >= 0.3 is 0 Å². The number of hydrogen-bond donors (Lipinski definition) is 1. The van der Waals surface area contributed by atoms with Crippen LogP contribution in [0.2, 0.25) is 0 Å². The Morgan fingerprint density at radius 3 is 2.82 bits per heavy atom. The summed E-state index contributed by atoms with van der Waals surface area (Å²) in [6.45, 7) is 1.59. The van der Waals surface area contributed by atoms with Crippen molar-refractivity contribution in [3.8, 4) is 0 Å². The molecule has 1 aromatic rings. The maximum atomic E-state index is 12.9. The number of hydrogen-bond acceptors (Lipinski definition) is 3. The number of ether oxygens (including phenoxy) is 1. The monoisotopic (exact) mass is 306 g/mol. The second-order valence-corrected chi connectivity index (χ2v) is 5.76. The predicted octanol–water partition coefficient (Wildman–Crippen LogP) is 1.47. The average molecular weight is 306 g/mol. The zero-order valence-corrected chi connectivity index (χ0v) is 12.3. The highest BCUT2D eigenvalue weighted by Gasteiger charge is 2.35. The SMILES string of the molecule is O=C(NC[C@H]1CCCO1)[C@@H]1CC(=O)N(c2ccc(F)cc2)C1. The molecule has 2 saturated heterocycles. The molecule has 2 fully saturated rings. The molecule has 0 aromatic heterocycles. The highest BCUT2D eigenvalue weighted by Crippen LogP contribution is 2.25. The molecule has 22 heavy (non-hydrogen) atoms. The summed E-state index contributed by atoms with van der Waals surface area (Å²) in [6.07, 6.45) is 2.27. The summed E-state index contributed by atoms with van der Waals surface area (Å²) in [6, 6.07) is 5.74. The van der Waals surface area contributed by atoms with Crippen molar-refractivity contribution in [3.63, 3.8) is 0 Å². The molecule has 0 radical (unpaired) electrons. The van der Waals surface area contributed by atoms with Gasteiger partial charge in [0.1, 0.15) is 5.82 Å². The molecule has 0 saturated carbocycles. The lowest BCUT2D eigenvalue weighted by Crippen LogP contribution is -2.37. The van der Waals surface area contributed by atoms with Crippen molar-refractivity contribution >= 4 is 17.5 Å². The van der Waals surface area contributed by atoms with Gasteiger partial charge in [0.25, 0.3) is 0 Å². The number of halogens is 1. The van der Waals surface area contributed by atoms with Gasteiger partial charge in [0.15, 0.2) is 0 Å². The van der Waals surface area contributed by atoms with Crippen LogP contribution in [0.15, 0.2) is 24.3 Å². The number of nitrogens with zero attached hydrogens (tertiary/aromatic N) is 1. The van der Waals surface area contributed by atoms with Crippen molar-refractivity contribution in [2.45, 2.75) is 25.4 Å². The largest absolute Gasteiger partial charge is 0.376 e. The van der Waals surface area contributed by atoms with E-state index in [9.17, 15) is 14.0 Å². The minimum absolute atomic E-state index is 0.0919. The van der Waals surface area contributed by atoms with E-state index in [1.165, 1.54) is 17.0 Å². The van der Waals surface area contributed by atoms with E-state index in [0.29, 0.717) is 18.8 Å². The van der Waals surface area contributed by atoms with E-state index in [1.807, 2.05) is 0 Å². The topological polar surface area (TPSA) is 58.6 Å². The second-order valence-electron chi connectivity index (χ2n) is 5.76. The lowest BCUT2D eigenvalue weighted by molar-refractivity contribution is -0.126. The van der Waals surface area contributed by atoms with E-state index in [4.69, 9.17) is 4.74 Å². The summed E-state index contributed by atoms with van der Waals surface area (Å²) in [5.74, 6) is -0.933. The molecular weight excluding hydrogens is 287 g/mol. The molecule has 1 N–H and O–H groups in total. The van der Waals surface area contributed by atoms with E-state index >= 15 is 0 Å². The van der Waals surface area contributed by atoms with Crippen molar-refractivity contribution in [2.24, 2.45) is 5.92 Å². The number of carbonyl (C=O) groups is 2. The number of benzene rings is 1. The Balaban J connectivity index is 1.56. The zero-order valence-electron chi connectivity index (χ0n) is 12.3. The molecule has 3 rings (SSSR count). The Morgan fingerprint density at radius 1 is 1.36 bits per heavy atom. The van der Waals surface area contributed by atoms with Crippen LogP contribution in [0.25, 0.3) is 0 Å². The number of anilines is 1. The average Bonchev–Trinajstić information content (AvgIpc) is 3.15. The van der Waals surface area contributed by atoms with Crippen LogP contribution in [-0.4, -0.2) is 37.6 Å². The molecule has 0 unspecified atom stereocenters. The van der Waals surface area contributed by atoms with E-state index < -0.39 is 0 Å². The molecule has 0 bridgehead atoms. The third kappa shape index (κ3) is 3.27. The summed E-state index contributed by atoms with van der Waals surface area (Å²) in [4.78, 5) is 25.8. The van der Waals surface area contributed by atoms with Crippen LogP contribution >= 0.6 is 0 Å². The summed E-state index contributed by atoms with van der Waals surface area (Å²) in [7, 11) is 0. The van der Waals surface area contributed by atoms with Gasteiger partial charge in [0, 0.05) is 31.8 Å². The van der Waals surface area contributed by atoms with E-state index in [0.717, 1.165) is 19.4 Å². The maximum absolute atomic E-state index is 12.9. The quantitative estimate of drug-likeness (QED) is 0.916. The van der Waals surface area contributed by atoms with Crippen LogP contribution in [0.1, 0.15) is 19.3 Å². The van der Waals surface area contributed by atoms with Crippen molar-refractivity contribution in [1.82, 2.24) is 5.32 Å². The summed E-state index contributed by atoms with van der Waals surface area (Å²) in [5.41, 5.74) is 0.626. The van der Waals surface area contributed by atoms with Gasteiger partial charge in [-0.1, -0.05) is 0 Å². The Morgan fingerprint density at radius 2 is 2.14 bits per heavy atom. The fraction of sp³-hybridized carbons (Fsp3) is 0.500. The van der Waals surface area contributed by atoms with Crippen molar-refractivity contribution in [1.29, 1.82) is 0 Å². The Kier molecular flexibility index (Phi) is 4.38. The van der Waals surface area contributed by atoms with Gasteiger partial charge in [-0.15, -0.1) is 0 Å². The first kappa shape index (κ1) is 15.0. The minimum Gasteiger partial charge on any atom is -0.376 e. The molecule has 2 heterocycles. The molecule has 0 spiro atoms. The molecule has 5 nitrogen and oxygen atoms in total. The lowest BCUT2D eigenvalue weighted by Gasteiger charge is -2.17. The lowest BCUT2D eigenvalue weighted by atomic mass is 10.1. The molecule has 0 aliphatic carbocycles.